The molecule has 8 heteroatoms. The molecule has 0 amide bonds. The summed E-state index contributed by atoms with van der Waals surface area (Å²) < 4.78 is 33.2. The Morgan fingerprint density at radius 3 is 2.50 bits per heavy atom. The van der Waals surface area contributed by atoms with Crippen LogP contribution in [0.15, 0.2) is 24.5 Å². The summed E-state index contributed by atoms with van der Waals surface area (Å²) in [5.74, 6) is -1.30. The fourth-order valence-electron chi connectivity index (χ4n) is 1.75. The first-order valence-corrected chi connectivity index (χ1v) is 7.71. The highest BCUT2D eigenvalue weighted by Gasteiger charge is 2.15. The lowest BCUT2D eigenvalue weighted by Crippen LogP contribution is -2.37. The lowest BCUT2D eigenvalue weighted by molar-refractivity contribution is -0.696. The number of carboxylic acid groups (broad SMARTS) is 1. The van der Waals surface area contributed by atoms with Crippen molar-refractivity contribution < 1.29 is 27.4 Å². The number of aliphatic carboxylic acids is 1. The lowest BCUT2D eigenvalue weighted by Gasteiger charge is -2.10. The van der Waals surface area contributed by atoms with Crippen molar-refractivity contribution in [3.8, 4) is 0 Å². The van der Waals surface area contributed by atoms with Gasteiger partial charge in [0.25, 0.3) is 0 Å². The van der Waals surface area contributed by atoms with Crippen molar-refractivity contribution in [1.29, 1.82) is 0 Å². The van der Waals surface area contributed by atoms with Crippen molar-refractivity contribution >= 4 is 16.1 Å². The highest BCUT2D eigenvalue weighted by atomic mass is 32.2. The van der Waals surface area contributed by atoms with Crippen LogP contribution >= 0.6 is 0 Å². The summed E-state index contributed by atoms with van der Waals surface area (Å²) in [5, 5.41) is 11.6. The monoisotopic (exact) mass is 302 g/mol. The van der Waals surface area contributed by atoms with E-state index < -0.39 is 22.1 Å². The van der Waals surface area contributed by atoms with Crippen LogP contribution in [0.4, 0.5) is 0 Å². The minimum absolute atomic E-state index is 0.254. The maximum absolute atomic E-state index is 10.9. The van der Waals surface area contributed by atoms with Gasteiger partial charge in [0.2, 0.25) is 0 Å². The number of aromatic nitrogens is 1. The number of hydrogen-bond donors (Lipinski definition) is 2. The minimum Gasteiger partial charge on any atom is -0.748 e. The summed E-state index contributed by atoms with van der Waals surface area (Å²) in [7, 11) is -2.58. The van der Waals surface area contributed by atoms with E-state index in [1.54, 1.807) is 36.1 Å². The number of aryl methyl sites for hydroxylation is 1. The van der Waals surface area contributed by atoms with E-state index in [1.165, 1.54) is 0 Å². The van der Waals surface area contributed by atoms with Gasteiger partial charge in [-0.15, -0.1) is 0 Å². The molecule has 20 heavy (non-hydrogen) atoms. The Kier molecular flexibility index (Phi) is 6.05. The maximum atomic E-state index is 10.9. The topological polar surface area (TPSA) is 110 Å². The number of rotatable bonds is 8. The first kappa shape index (κ1) is 16.5. The van der Waals surface area contributed by atoms with Crippen LogP contribution in [-0.4, -0.2) is 42.9 Å². The van der Waals surface area contributed by atoms with E-state index in [-0.39, 0.29) is 12.2 Å². The van der Waals surface area contributed by atoms with Crippen LogP contribution in [-0.2, 0) is 27.9 Å². The van der Waals surface area contributed by atoms with Gasteiger partial charge in [0.1, 0.15) is 12.6 Å². The van der Waals surface area contributed by atoms with Gasteiger partial charge in [-0.05, 0) is 19.0 Å². The number of nitrogens with zero attached hydrogens (tertiary/aromatic N) is 1. The van der Waals surface area contributed by atoms with Gasteiger partial charge in [-0.25, -0.2) is 13.0 Å². The molecule has 0 saturated carbocycles. The number of likely N-dealkylation sites (N-methyl/N-ethyl adjacent to an activating group) is 1. The van der Waals surface area contributed by atoms with E-state index >= 15 is 0 Å². The Morgan fingerprint density at radius 1 is 1.45 bits per heavy atom. The van der Waals surface area contributed by atoms with E-state index in [0.717, 1.165) is 5.56 Å². The van der Waals surface area contributed by atoms with E-state index in [0.29, 0.717) is 13.0 Å². The Bertz CT molecular complexity index is 541. The van der Waals surface area contributed by atoms with E-state index in [9.17, 15) is 17.8 Å². The second-order valence-corrected chi connectivity index (χ2v) is 5.97. The third-order valence-electron chi connectivity index (χ3n) is 2.86. The van der Waals surface area contributed by atoms with Gasteiger partial charge in [-0.2, -0.15) is 0 Å². The third kappa shape index (κ3) is 6.09. The number of pyridine rings is 1. The molecule has 0 aromatic carbocycles. The van der Waals surface area contributed by atoms with E-state index in [1.807, 2.05) is 0 Å². The summed E-state index contributed by atoms with van der Waals surface area (Å²) in [5.41, 5.74) is 0.861. The zero-order chi connectivity index (χ0) is 15.2. The van der Waals surface area contributed by atoms with E-state index in [2.05, 4.69) is 5.32 Å². The molecule has 0 aliphatic rings. The molecule has 1 atom stereocenters. The summed E-state index contributed by atoms with van der Waals surface area (Å²) >= 11 is 0. The molecular formula is C12H18N2O5S. The molecule has 112 valence electrons. The summed E-state index contributed by atoms with van der Waals surface area (Å²) in [6.45, 7) is 0.427. The van der Waals surface area contributed by atoms with Gasteiger partial charge >= 0.3 is 5.97 Å². The molecule has 7 nitrogen and oxygen atoms in total. The molecule has 0 unspecified atom stereocenters. The Balaban J connectivity index is 2.54. The molecule has 1 aromatic heterocycles. The van der Waals surface area contributed by atoms with Crippen molar-refractivity contribution in [1.82, 2.24) is 5.32 Å². The fraction of sp³-hybridized carbons (Fsp3) is 0.500. The highest BCUT2D eigenvalue weighted by Crippen LogP contribution is 2.01. The van der Waals surface area contributed by atoms with E-state index in [4.69, 9.17) is 5.11 Å². The molecule has 0 aliphatic carbocycles. The predicted octanol–water partition coefficient (Wildman–Crippen LogP) is -0.875. The van der Waals surface area contributed by atoms with Crippen molar-refractivity contribution in [2.24, 2.45) is 0 Å². The average Bonchev–Trinajstić information content (AvgIpc) is 2.35. The Morgan fingerprint density at radius 2 is 2.05 bits per heavy atom. The van der Waals surface area contributed by atoms with Crippen LogP contribution in [0.3, 0.4) is 0 Å². The Labute approximate surface area is 118 Å². The molecule has 1 rings (SSSR count). The lowest BCUT2D eigenvalue weighted by atomic mass is 10.1. The molecule has 1 heterocycles. The van der Waals surface area contributed by atoms with Crippen molar-refractivity contribution in [2.75, 3.05) is 12.8 Å². The second kappa shape index (κ2) is 7.32. The zero-order valence-electron chi connectivity index (χ0n) is 11.2. The minimum atomic E-state index is -4.17. The normalized spacial score (nSPS) is 13.1. The maximum Gasteiger partial charge on any atom is 0.321 e. The van der Waals surface area contributed by atoms with Crippen molar-refractivity contribution in [3.05, 3.63) is 30.1 Å². The molecule has 0 aliphatic heterocycles. The van der Waals surface area contributed by atoms with Crippen LogP contribution < -0.4 is 9.88 Å². The number of hydrogen-bond acceptors (Lipinski definition) is 5. The molecule has 0 bridgehead atoms. The third-order valence-corrected chi connectivity index (χ3v) is 3.65. The number of nitrogens with one attached hydrogen (secondary N) is 1. The molecular weight excluding hydrogens is 284 g/mol. The van der Waals surface area contributed by atoms with Crippen LogP contribution in [0.25, 0.3) is 0 Å². The summed E-state index contributed by atoms with van der Waals surface area (Å²) in [6, 6.07) is 2.91. The zero-order valence-corrected chi connectivity index (χ0v) is 12.0. The largest absolute Gasteiger partial charge is 0.748 e. The Hall–Kier alpha value is -1.51. The number of carboxylic acids is 1. The van der Waals surface area contributed by atoms with Crippen LogP contribution in [0.2, 0.25) is 0 Å². The van der Waals surface area contributed by atoms with Crippen molar-refractivity contribution in [3.63, 3.8) is 0 Å². The molecule has 1 aromatic rings. The molecule has 0 spiro atoms. The summed E-state index contributed by atoms with van der Waals surface area (Å²) in [4.78, 5) is 10.9. The first-order chi connectivity index (χ1) is 9.31. The van der Waals surface area contributed by atoms with Gasteiger partial charge in [0.15, 0.2) is 12.4 Å². The molecule has 0 saturated heterocycles. The van der Waals surface area contributed by atoms with Crippen molar-refractivity contribution in [2.45, 2.75) is 25.4 Å². The standard InChI is InChI=1S/C12H18N2O5S/c1-13-11(12(15)16)9-10-3-6-14(7-4-10)5-2-8-20(17,18)19/h3-4,6-7,11,13H,2,5,8-9H2,1H3,(H-,15,16,17,18,19)/t11-/m0/s1. The van der Waals surface area contributed by atoms with Gasteiger partial charge in [-0.1, -0.05) is 0 Å². The van der Waals surface area contributed by atoms with Gasteiger partial charge in [0, 0.05) is 24.3 Å². The smallest absolute Gasteiger partial charge is 0.321 e. The van der Waals surface area contributed by atoms with Gasteiger partial charge in [0.05, 0.1) is 10.1 Å². The van der Waals surface area contributed by atoms with Crippen LogP contribution in [0.1, 0.15) is 12.0 Å². The van der Waals surface area contributed by atoms with Gasteiger partial charge in [-0.3, -0.25) is 4.79 Å². The molecule has 2 N–H and O–H groups in total. The average molecular weight is 302 g/mol. The van der Waals surface area contributed by atoms with Crippen LogP contribution in [0.5, 0.6) is 0 Å². The first-order valence-electron chi connectivity index (χ1n) is 6.13. The quantitative estimate of drug-likeness (QED) is 0.477. The second-order valence-electron chi connectivity index (χ2n) is 4.44. The fourth-order valence-corrected chi connectivity index (χ4v) is 2.23. The predicted molar refractivity (Wildman–Crippen MR) is 70.0 cm³/mol. The molecule has 0 fully saturated rings. The van der Waals surface area contributed by atoms with Crippen LogP contribution in [0, 0.1) is 0 Å². The highest BCUT2D eigenvalue weighted by molar-refractivity contribution is 7.85. The molecule has 0 radical (unpaired) electrons. The SMILES string of the molecule is CN[C@@H](Cc1cc[n+](CCCS(=O)(=O)[O-])cc1)C(=O)O. The summed E-state index contributed by atoms with van der Waals surface area (Å²) in [6.07, 6.45) is 4.09. The number of carbonyl (C=O) groups is 1. The van der Waals surface area contributed by atoms with Gasteiger partial charge < -0.3 is 15.0 Å².